The van der Waals surface area contributed by atoms with Crippen molar-refractivity contribution in [2.24, 2.45) is 0 Å². The number of nitrogens with zero attached hydrogens (tertiary/aromatic N) is 1. The predicted octanol–water partition coefficient (Wildman–Crippen LogP) is -0.129. The summed E-state index contributed by atoms with van der Waals surface area (Å²) >= 11 is 0. The second-order valence-corrected chi connectivity index (χ2v) is 2.83. The first-order valence-corrected chi connectivity index (χ1v) is 4.11. The maximum Gasteiger partial charge on any atom is 0.232 e. The van der Waals surface area contributed by atoms with E-state index in [0.29, 0.717) is 4.90 Å². The van der Waals surface area contributed by atoms with E-state index in [2.05, 4.69) is 0 Å². The van der Waals surface area contributed by atoms with Crippen LogP contribution in [0.3, 0.4) is 0 Å². The van der Waals surface area contributed by atoms with E-state index in [0.717, 1.165) is 0 Å². The van der Waals surface area contributed by atoms with Gasteiger partial charge in [0, 0.05) is 19.3 Å². The highest BCUT2D eigenvalue weighted by atomic mass is 16.3. The van der Waals surface area contributed by atoms with Crippen molar-refractivity contribution in [3.05, 3.63) is 0 Å². The third-order valence-electron chi connectivity index (χ3n) is 1.95. The van der Waals surface area contributed by atoms with E-state index in [4.69, 9.17) is 0 Å². The van der Waals surface area contributed by atoms with Gasteiger partial charge in [-0.25, -0.2) is 4.90 Å². The molecule has 1 unspecified atom stereocenters. The van der Waals surface area contributed by atoms with Crippen molar-refractivity contribution < 1.29 is 19.5 Å². The van der Waals surface area contributed by atoms with Crippen molar-refractivity contribution in [3.8, 4) is 0 Å². The van der Waals surface area contributed by atoms with Crippen LogP contribution >= 0.6 is 0 Å². The van der Waals surface area contributed by atoms with Gasteiger partial charge in [0.1, 0.15) is 0 Å². The molecule has 0 aliphatic carbocycles. The molecule has 2 amide bonds. The average Bonchev–Trinajstić information content (AvgIpc) is 2.44. The Labute approximate surface area is 75.3 Å². The topological polar surface area (TPSA) is 74.3 Å². The number of carbonyl (C=O) groups is 3. The van der Waals surface area contributed by atoms with Gasteiger partial charge in [-0.2, -0.15) is 5.11 Å². The van der Waals surface area contributed by atoms with E-state index in [1.165, 1.54) is 6.92 Å². The van der Waals surface area contributed by atoms with E-state index >= 15 is 0 Å². The van der Waals surface area contributed by atoms with Gasteiger partial charge in [-0.1, -0.05) is 6.92 Å². The van der Waals surface area contributed by atoms with Crippen molar-refractivity contribution in [1.29, 1.82) is 0 Å². The summed E-state index contributed by atoms with van der Waals surface area (Å²) in [4.78, 5) is 33.5. The molecule has 5 nitrogen and oxygen atoms in total. The molecule has 1 radical (unpaired) electrons. The molecule has 71 valence electrons. The summed E-state index contributed by atoms with van der Waals surface area (Å²) < 4.78 is 0. The Hall–Kier alpha value is -1.23. The second-order valence-electron chi connectivity index (χ2n) is 2.83. The number of imide groups is 1. The molecular weight excluding hydrogens is 174 g/mol. The fourth-order valence-corrected chi connectivity index (χ4v) is 1.17. The van der Waals surface area contributed by atoms with E-state index in [1.54, 1.807) is 0 Å². The fourth-order valence-electron chi connectivity index (χ4n) is 1.17. The van der Waals surface area contributed by atoms with Crippen LogP contribution in [-0.2, 0) is 19.5 Å². The van der Waals surface area contributed by atoms with Crippen LogP contribution in [0.25, 0.3) is 0 Å². The minimum atomic E-state index is -1.83. The Bertz CT molecular complexity index is 245. The predicted molar refractivity (Wildman–Crippen MR) is 40.9 cm³/mol. The Morgan fingerprint density at radius 3 is 2.23 bits per heavy atom. The van der Waals surface area contributed by atoms with Gasteiger partial charge in [-0.15, -0.1) is 0 Å². The molecule has 13 heavy (non-hydrogen) atoms. The molecule has 1 fully saturated rings. The molecule has 1 heterocycles. The Kier molecular flexibility index (Phi) is 2.77. The average molecular weight is 184 g/mol. The number of amides is 2. The summed E-state index contributed by atoms with van der Waals surface area (Å²) in [6, 6.07) is 0. The SMILES string of the molecule is CCC(=O)C([O])N1C(=O)CCC1=O. The molecule has 1 rings (SSSR count). The number of hydrogen-bond acceptors (Lipinski definition) is 3. The number of rotatable bonds is 3. The molecule has 0 N–H and O–H groups in total. The van der Waals surface area contributed by atoms with E-state index in [1.807, 2.05) is 0 Å². The van der Waals surface area contributed by atoms with E-state index < -0.39 is 23.8 Å². The van der Waals surface area contributed by atoms with Gasteiger partial charge in [-0.3, -0.25) is 14.4 Å². The number of ketones is 1. The van der Waals surface area contributed by atoms with Crippen LogP contribution in [0.2, 0.25) is 0 Å². The highest BCUT2D eigenvalue weighted by Gasteiger charge is 2.37. The summed E-state index contributed by atoms with van der Waals surface area (Å²) in [5, 5.41) is 11.2. The number of likely N-dealkylation sites (tertiary alicyclic amines) is 1. The zero-order chi connectivity index (χ0) is 10.0. The van der Waals surface area contributed by atoms with Gasteiger partial charge in [0.05, 0.1) is 0 Å². The van der Waals surface area contributed by atoms with Gasteiger partial charge in [0.2, 0.25) is 18.0 Å². The number of carbonyl (C=O) groups excluding carboxylic acids is 3. The van der Waals surface area contributed by atoms with Crippen molar-refractivity contribution in [1.82, 2.24) is 4.90 Å². The number of Topliss-reactive ketones (excluding diaryl/α,β-unsaturated/α-hetero) is 1. The molecule has 1 saturated heterocycles. The first-order chi connectivity index (χ1) is 6.07. The molecule has 0 aromatic heterocycles. The molecule has 0 aromatic carbocycles. The molecule has 5 heteroatoms. The van der Waals surface area contributed by atoms with Gasteiger partial charge >= 0.3 is 0 Å². The largest absolute Gasteiger partial charge is 0.294 e. The van der Waals surface area contributed by atoms with Crippen LogP contribution < -0.4 is 0 Å². The lowest BCUT2D eigenvalue weighted by atomic mass is 10.2. The molecule has 0 saturated carbocycles. The molecule has 1 aliphatic heterocycles. The zero-order valence-corrected chi connectivity index (χ0v) is 7.28. The summed E-state index contributed by atoms with van der Waals surface area (Å²) in [6.45, 7) is 1.53. The first-order valence-electron chi connectivity index (χ1n) is 4.11. The standard InChI is InChI=1S/C8H10NO4/c1-2-5(10)8(13)9-6(11)3-4-7(9)12/h8H,2-4H2,1H3. The summed E-state index contributed by atoms with van der Waals surface area (Å²) in [5.74, 6) is -1.69. The van der Waals surface area contributed by atoms with Crippen molar-refractivity contribution >= 4 is 17.6 Å². The summed E-state index contributed by atoms with van der Waals surface area (Å²) in [6.07, 6.45) is -1.68. The molecule has 0 aromatic rings. The van der Waals surface area contributed by atoms with E-state index in [-0.39, 0.29) is 19.3 Å². The number of hydrogen-bond donors (Lipinski definition) is 0. The monoisotopic (exact) mass is 184 g/mol. The van der Waals surface area contributed by atoms with Crippen LogP contribution in [0.15, 0.2) is 0 Å². The quantitative estimate of drug-likeness (QED) is 0.573. The highest BCUT2D eigenvalue weighted by molar-refractivity contribution is 6.05. The fraction of sp³-hybridized carbons (Fsp3) is 0.625. The lowest BCUT2D eigenvalue weighted by Crippen LogP contribution is -2.43. The third kappa shape index (κ3) is 1.75. The van der Waals surface area contributed by atoms with Gasteiger partial charge in [0.25, 0.3) is 0 Å². The Morgan fingerprint density at radius 2 is 1.85 bits per heavy atom. The molecule has 1 atom stereocenters. The smallest absolute Gasteiger partial charge is 0.232 e. The van der Waals surface area contributed by atoms with Crippen LogP contribution in [0, 0.1) is 0 Å². The third-order valence-corrected chi connectivity index (χ3v) is 1.95. The molecular formula is C8H10NO4. The highest BCUT2D eigenvalue weighted by Crippen LogP contribution is 2.15. The van der Waals surface area contributed by atoms with Crippen molar-refractivity contribution in [2.45, 2.75) is 32.4 Å². The normalized spacial score (nSPS) is 19.4. The minimum absolute atomic E-state index is 0.0469. The lowest BCUT2D eigenvalue weighted by molar-refractivity contribution is -0.162. The maximum absolute atomic E-state index is 11.2. The van der Waals surface area contributed by atoms with Crippen LogP contribution in [0.1, 0.15) is 26.2 Å². The van der Waals surface area contributed by atoms with Gasteiger partial charge in [-0.05, 0) is 0 Å². The van der Waals surface area contributed by atoms with Crippen molar-refractivity contribution in [3.63, 3.8) is 0 Å². The van der Waals surface area contributed by atoms with Crippen LogP contribution in [0.4, 0.5) is 0 Å². The first kappa shape index (κ1) is 9.85. The zero-order valence-electron chi connectivity index (χ0n) is 7.28. The van der Waals surface area contributed by atoms with Gasteiger partial charge in [0.15, 0.2) is 5.78 Å². The second kappa shape index (κ2) is 3.66. The summed E-state index contributed by atoms with van der Waals surface area (Å²) in [7, 11) is 0. The molecule has 1 aliphatic rings. The van der Waals surface area contributed by atoms with Gasteiger partial charge < -0.3 is 0 Å². The summed E-state index contributed by atoms with van der Waals surface area (Å²) in [5.41, 5.74) is 0. The van der Waals surface area contributed by atoms with Crippen LogP contribution in [0.5, 0.6) is 0 Å². The van der Waals surface area contributed by atoms with Crippen LogP contribution in [-0.4, -0.2) is 28.7 Å². The Morgan fingerprint density at radius 1 is 1.38 bits per heavy atom. The minimum Gasteiger partial charge on any atom is -0.294 e. The molecule has 0 bridgehead atoms. The van der Waals surface area contributed by atoms with Crippen molar-refractivity contribution in [2.75, 3.05) is 0 Å². The maximum atomic E-state index is 11.2. The van der Waals surface area contributed by atoms with E-state index in [9.17, 15) is 19.5 Å². The lowest BCUT2D eigenvalue weighted by Gasteiger charge is -2.16. The molecule has 0 spiro atoms. The Balaban J connectivity index is 2.75.